The van der Waals surface area contributed by atoms with E-state index in [-0.39, 0.29) is 11.8 Å². The summed E-state index contributed by atoms with van der Waals surface area (Å²) in [5, 5.41) is 8.40. The Bertz CT molecular complexity index is 955. The summed E-state index contributed by atoms with van der Waals surface area (Å²) < 4.78 is 11.9. The number of amides is 1. The first-order valence-electron chi connectivity index (χ1n) is 10.1. The van der Waals surface area contributed by atoms with E-state index in [0.29, 0.717) is 19.8 Å². The lowest BCUT2D eigenvalue weighted by molar-refractivity contribution is -0.118. The molecule has 6 heteroatoms. The van der Waals surface area contributed by atoms with Crippen LogP contribution in [0.15, 0.2) is 60.0 Å². The number of rotatable bonds is 10. The molecule has 0 atom stereocenters. The second-order valence-electron chi connectivity index (χ2n) is 7.12. The van der Waals surface area contributed by atoms with Crippen molar-refractivity contribution in [1.82, 2.24) is 0 Å². The van der Waals surface area contributed by atoms with Gasteiger partial charge in [0.25, 0.3) is 0 Å². The van der Waals surface area contributed by atoms with Gasteiger partial charge in [0, 0.05) is 34.3 Å². The summed E-state index contributed by atoms with van der Waals surface area (Å²) in [6, 6.07) is 17.7. The van der Waals surface area contributed by atoms with Crippen molar-refractivity contribution in [2.24, 2.45) is 5.92 Å². The van der Waals surface area contributed by atoms with Gasteiger partial charge >= 0.3 is 0 Å². The second kappa shape index (κ2) is 10.7. The van der Waals surface area contributed by atoms with Crippen molar-refractivity contribution in [2.45, 2.75) is 33.9 Å². The number of para-hydroxylation sites is 1. The maximum atomic E-state index is 12.0. The molecule has 1 aromatic heterocycles. The van der Waals surface area contributed by atoms with Crippen LogP contribution < -0.4 is 20.1 Å². The number of hydrogen-bond acceptors (Lipinski definition) is 5. The van der Waals surface area contributed by atoms with E-state index in [1.165, 1.54) is 0 Å². The molecule has 0 saturated carbocycles. The van der Waals surface area contributed by atoms with Gasteiger partial charge in [0.05, 0.1) is 6.61 Å². The van der Waals surface area contributed by atoms with Gasteiger partial charge in [-0.15, -0.1) is 11.3 Å². The Morgan fingerprint density at radius 3 is 2.57 bits per heavy atom. The van der Waals surface area contributed by atoms with E-state index in [1.807, 2.05) is 74.7 Å². The van der Waals surface area contributed by atoms with Gasteiger partial charge < -0.3 is 20.1 Å². The molecule has 0 bridgehead atoms. The Balaban J connectivity index is 1.72. The molecular weight excluding hydrogens is 396 g/mol. The molecule has 0 aliphatic heterocycles. The molecule has 0 unspecified atom stereocenters. The maximum absolute atomic E-state index is 12.0. The number of ether oxygens (including phenoxy) is 2. The normalized spacial score (nSPS) is 10.7. The first kappa shape index (κ1) is 21.7. The third kappa shape index (κ3) is 6.00. The van der Waals surface area contributed by atoms with Crippen LogP contribution in [0.25, 0.3) is 0 Å². The summed E-state index contributed by atoms with van der Waals surface area (Å²) in [5.74, 6) is 1.43. The number of nitrogens with one attached hydrogen (secondary N) is 2. The average molecular weight is 425 g/mol. The fourth-order valence-electron chi connectivity index (χ4n) is 2.86. The predicted octanol–water partition coefficient (Wildman–Crippen LogP) is 5.93. The van der Waals surface area contributed by atoms with Crippen molar-refractivity contribution in [1.29, 1.82) is 0 Å². The molecule has 3 rings (SSSR count). The number of anilines is 2. The number of carbonyl (C=O) groups is 1. The summed E-state index contributed by atoms with van der Waals surface area (Å²) >= 11 is 1.67. The minimum Gasteiger partial charge on any atom is -0.490 e. The van der Waals surface area contributed by atoms with Crippen LogP contribution in [0.5, 0.6) is 11.5 Å². The van der Waals surface area contributed by atoms with Gasteiger partial charge in [-0.1, -0.05) is 38.1 Å². The van der Waals surface area contributed by atoms with Crippen LogP contribution in [0, 0.1) is 5.92 Å². The van der Waals surface area contributed by atoms with Crippen molar-refractivity contribution in [3.63, 3.8) is 0 Å². The van der Waals surface area contributed by atoms with Crippen molar-refractivity contribution in [2.75, 3.05) is 17.2 Å². The molecule has 0 spiro atoms. The van der Waals surface area contributed by atoms with Gasteiger partial charge in [-0.05, 0) is 42.6 Å². The largest absolute Gasteiger partial charge is 0.490 e. The zero-order valence-electron chi connectivity index (χ0n) is 17.6. The summed E-state index contributed by atoms with van der Waals surface area (Å²) in [4.78, 5) is 13.1. The van der Waals surface area contributed by atoms with Crippen molar-refractivity contribution in [3.05, 3.63) is 70.4 Å². The third-order valence-corrected chi connectivity index (χ3v) is 5.29. The summed E-state index contributed by atoms with van der Waals surface area (Å²) in [6.07, 6.45) is 0. The van der Waals surface area contributed by atoms with E-state index >= 15 is 0 Å². The van der Waals surface area contributed by atoms with Crippen molar-refractivity contribution < 1.29 is 14.3 Å². The second-order valence-corrected chi connectivity index (χ2v) is 8.16. The lowest BCUT2D eigenvalue weighted by atomic mass is 10.1. The molecule has 158 valence electrons. The quantitative estimate of drug-likeness (QED) is 0.423. The van der Waals surface area contributed by atoms with Gasteiger partial charge in [0.15, 0.2) is 11.5 Å². The summed E-state index contributed by atoms with van der Waals surface area (Å²) in [6.45, 7) is 7.36. The van der Waals surface area contributed by atoms with E-state index in [9.17, 15) is 4.79 Å². The lowest BCUT2D eigenvalue weighted by Gasteiger charge is -2.17. The van der Waals surface area contributed by atoms with Crippen LogP contribution in [-0.2, 0) is 17.9 Å². The van der Waals surface area contributed by atoms with Crippen molar-refractivity contribution in [3.8, 4) is 11.5 Å². The minimum absolute atomic E-state index is 0.000767. The molecule has 0 aliphatic rings. The molecule has 3 aromatic rings. The first-order chi connectivity index (χ1) is 14.6. The summed E-state index contributed by atoms with van der Waals surface area (Å²) in [7, 11) is 0. The monoisotopic (exact) mass is 424 g/mol. The average Bonchev–Trinajstić information content (AvgIpc) is 3.25. The van der Waals surface area contributed by atoms with Gasteiger partial charge in [0.2, 0.25) is 5.91 Å². The standard InChI is InChI=1S/C24H28N2O3S/c1-4-28-22-12-5-8-18(23(22)29-16-21-11-7-13-30-21)15-25-19-9-6-10-20(14-19)26-24(27)17(2)3/h5-14,17,25H,4,15-16H2,1-3H3,(H,26,27). The highest BCUT2D eigenvalue weighted by atomic mass is 32.1. The maximum Gasteiger partial charge on any atom is 0.226 e. The van der Waals surface area contributed by atoms with Gasteiger partial charge in [-0.25, -0.2) is 0 Å². The number of thiophene rings is 1. The highest BCUT2D eigenvalue weighted by Crippen LogP contribution is 2.33. The van der Waals surface area contributed by atoms with Crippen LogP contribution in [0.3, 0.4) is 0 Å². The van der Waals surface area contributed by atoms with Crippen molar-refractivity contribution >= 4 is 28.6 Å². The molecule has 2 N–H and O–H groups in total. The highest BCUT2D eigenvalue weighted by molar-refractivity contribution is 7.09. The molecular formula is C24H28N2O3S. The first-order valence-corrected chi connectivity index (χ1v) is 11.0. The molecule has 1 amide bonds. The third-order valence-electron chi connectivity index (χ3n) is 4.44. The Kier molecular flexibility index (Phi) is 7.74. The SMILES string of the molecule is CCOc1cccc(CNc2cccc(NC(=O)C(C)C)c2)c1OCc1cccs1. The summed E-state index contributed by atoms with van der Waals surface area (Å²) in [5.41, 5.74) is 2.70. The van der Waals surface area contributed by atoms with Gasteiger partial charge in [-0.2, -0.15) is 0 Å². The van der Waals surface area contributed by atoms with E-state index in [2.05, 4.69) is 16.7 Å². The number of carbonyl (C=O) groups excluding carboxylic acids is 1. The molecule has 1 heterocycles. The Morgan fingerprint density at radius 1 is 1.03 bits per heavy atom. The Morgan fingerprint density at radius 2 is 1.83 bits per heavy atom. The molecule has 2 aromatic carbocycles. The van der Waals surface area contributed by atoms with E-state index < -0.39 is 0 Å². The fraction of sp³-hybridized carbons (Fsp3) is 0.292. The Hall–Kier alpha value is -2.99. The van der Waals surface area contributed by atoms with E-state index in [1.54, 1.807) is 11.3 Å². The molecule has 0 radical (unpaired) electrons. The van der Waals surface area contributed by atoms with Crippen LogP contribution in [-0.4, -0.2) is 12.5 Å². The number of hydrogen-bond donors (Lipinski definition) is 2. The molecule has 5 nitrogen and oxygen atoms in total. The molecule has 0 saturated heterocycles. The van der Waals surface area contributed by atoms with Crippen LogP contribution in [0.4, 0.5) is 11.4 Å². The molecule has 0 fully saturated rings. The highest BCUT2D eigenvalue weighted by Gasteiger charge is 2.12. The lowest BCUT2D eigenvalue weighted by Crippen LogP contribution is -2.17. The fourth-order valence-corrected chi connectivity index (χ4v) is 3.48. The van der Waals surface area contributed by atoms with Gasteiger partial charge in [0.1, 0.15) is 6.61 Å². The zero-order chi connectivity index (χ0) is 21.3. The zero-order valence-corrected chi connectivity index (χ0v) is 18.4. The smallest absolute Gasteiger partial charge is 0.226 e. The van der Waals surface area contributed by atoms with Gasteiger partial charge in [-0.3, -0.25) is 4.79 Å². The topological polar surface area (TPSA) is 59.6 Å². The predicted molar refractivity (Wildman–Crippen MR) is 123 cm³/mol. The van der Waals surface area contributed by atoms with Crippen LogP contribution >= 0.6 is 11.3 Å². The molecule has 30 heavy (non-hydrogen) atoms. The van der Waals surface area contributed by atoms with Crippen LogP contribution in [0.1, 0.15) is 31.2 Å². The molecule has 0 aliphatic carbocycles. The Labute approximate surface area is 182 Å². The van der Waals surface area contributed by atoms with E-state index in [0.717, 1.165) is 33.3 Å². The van der Waals surface area contributed by atoms with Crippen LogP contribution in [0.2, 0.25) is 0 Å². The minimum atomic E-state index is -0.0639. The number of benzene rings is 2. The van der Waals surface area contributed by atoms with E-state index in [4.69, 9.17) is 9.47 Å².